The molecule has 94 valence electrons. The third kappa shape index (κ3) is 2.48. The summed E-state index contributed by atoms with van der Waals surface area (Å²) < 4.78 is 0. The predicted octanol–water partition coefficient (Wildman–Crippen LogP) is 3.14. The maximum absolute atomic E-state index is 12.5. The van der Waals surface area contributed by atoms with Gasteiger partial charge in [0.1, 0.15) is 6.07 Å². The summed E-state index contributed by atoms with van der Waals surface area (Å²) in [5.74, 6) is -0.110. The first-order valence-electron chi connectivity index (χ1n) is 5.98. The Kier molecular flexibility index (Phi) is 3.63. The molecular formula is C16H14N2O. The first kappa shape index (κ1) is 12.8. The maximum atomic E-state index is 12.5. The van der Waals surface area contributed by atoms with E-state index in [0.29, 0.717) is 16.8 Å². The van der Waals surface area contributed by atoms with Crippen LogP contribution in [-0.4, -0.2) is 13.0 Å². The van der Waals surface area contributed by atoms with Gasteiger partial charge in [-0.1, -0.05) is 30.3 Å². The van der Waals surface area contributed by atoms with E-state index in [1.807, 2.05) is 31.2 Å². The Morgan fingerprint density at radius 3 is 2.42 bits per heavy atom. The van der Waals surface area contributed by atoms with Crippen molar-refractivity contribution in [3.05, 3.63) is 65.2 Å². The van der Waals surface area contributed by atoms with Crippen LogP contribution in [0.15, 0.2) is 48.5 Å². The Morgan fingerprint density at radius 2 is 1.74 bits per heavy atom. The molecule has 0 radical (unpaired) electrons. The van der Waals surface area contributed by atoms with Crippen molar-refractivity contribution in [3.8, 4) is 6.07 Å². The van der Waals surface area contributed by atoms with Gasteiger partial charge in [0.2, 0.25) is 0 Å². The Morgan fingerprint density at radius 1 is 1.11 bits per heavy atom. The summed E-state index contributed by atoms with van der Waals surface area (Å²) in [5, 5.41) is 9.09. The third-order valence-corrected chi connectivity index (χ3v) is 3.07. The van der Waals surface area contributed by atoms with E-state index in [2.05, 4.69) is 6.07 Å². The highest BCUT2D eigenvalue weighted by Gasteiger charge is 2.17. The van der Waals surface area contributed by atoms with Crippen molar-refractivity contribution in [1.82, 2.24) is 0 Å². The highest BCUT2D eigenvalue weighted by Crippen LogP contribution is 2.21. The van der Waals surface area contributed by atoms with E-state index < -0.39 is 0 Å². The standard InChI is InChI=1S/C16H14N2O/c1-12-7-3-5-9-14(12)16(19)18(2)15-10-6-4-8-13(15)11-17/h3-10H,1-2H3. The molecule has 19 heavy (non-hydrogen) atoms. The number of rotatable bonds is 2. The van der Waals surface area contributed by atoms with E-state index in [-0.39, 0.29) is 5.91 Å². The Labute approximate surface area is 112 Å². The summed E-state index contributed by atoms with van der Waals surface area (Å²) in [4.78, 5) is 14.0. The summed E-state index contributed by atoms with van der Waals surface area (Å²) in [6.45, 7) is 1.90. The van der Waals surface area contributed by atoms with Crippen molar-refractivity contribution < 1.29 is 4.79 Å². The molecule has 0 spiro atoms. The second-order valence-electron chi connectivity index (χ2n) is 4.31. The zero-order chi connectivity index (χ0) is 13.8. The first-order valence-corrected chi connectivity index (χ1v) is 5.98. The quantitative estimate of drug-likeness (QED) is 0.821. The van der Waals surface area contributed by atoms with Crippen LogP contribution in [0.25, 0.3) is 0 Å². The van der Waals surface area contributed by atoms with Gasteiger partial charge in [-0.2, -0.15) is 5.26 Å². The van der Waals surface area contributed by atoms with Crippen LogP contribution in [0.1, 0.15) is 21.5 Å². The number of nitrogens with zero attached hydrogens (tertiary/aromatic N) is 2. The van der Waals surface area contributed by atoms with E-state index in [4.69, 9.17) is 5.26 Å². The van der Waals surface area contributed by atoms with E-state index in [0.717, 1.165) is 5.56 Å². The smallest absolute Gasteiger partial charge is 0.258 e. The number of hydrogen-bond donors (Lipinski definition) is 0. The molecule has 2 rings (SSSR count). The number of aryl methyl sites for hydroxylation is 1. The number of hydrogen-bond acceptors (Lipinski definition) is 2. The normalized spacial score (nSPS) is 9.74. The molecule has 0 saturated carbocycles. The summed E-state index contributed by atoms with van der Waals surface area (Å²) in [6.07, 6.45) is 0. The molecule has 0 aliphatic heterocycles. The zero-order valence-electron chi connectivity index (χ0n) is 10.9. The highest BCUT2D eigenvalue weighted by molar-refractivity contribution is 6.07. The summed E-state index contributed by atoms with van der Waals surface area (Å²) >= 11 is 0. The van der Waals surface area contributed by atoms with E-state index in [1.165, 1.54) is 4.90 Å². The summed E-state index contributed by atoms with van der Waals surface area (Å²) in [7, 11) is 1.69. The summed E-state index contributed by atoms with van der Waals surface area (Å²) in [6, 6.07) is 16.6. The predicted molar refractivity (Wildman–Crippen MR) is 75.1 cm³/mol. The van der Waals surface area contributed by atoms with Crippen LogP contribution in [-0.2, 0) is 0 Å². The largest absolute Gasteiger partial charge is 0.310 e. The topological polar surface area (TPSA) is 44.1 Å². The Bertz CT molecular complexity index is 656. The fraction of sp³-hybridized carbons (Fsp3) is 0.125. The third-order valence-electron chi connectivity index (χ3n) is 3.07. The summed E-state index contributed by atoms with van der Waals surface area (Å²) in [5.41, 5.74) is 2.69. The number of benzene rings is 2. The van der Waals surface area contributed by atoms with Crippen LogP contribution in [0.5, 0.6) is 0 Å². The van der Waals surface area contributed by atoms with Crippen molar-refractivity contribution in [2.45, 2.75) is 6.92 Å². The molecule has 0 heterocycles. The molecule has 2 aromatic rings. The molecule has 0 aliphatic rings. The van der Waals surface area contributed by atoms with E-state index >= 15 is 0 Å². The molecule has 0 aliphatic carbocycles. The van der Waals surface area contributed by atoms with Crippen LogP contribution in [0.4, 0.5) is 5.69 Å². The number of nitriles is 1. The van der Waals surface area contributed by atoms with Crippen LogP contribution in [0.2, 0.25) is 0 Å². The lowest BCUT2D eigenvalue weighted by molar-refractivity contribution is 0.0992. The lowest BCUT2D eigenvalue weighted by atomic mass is 10.1. The molecule has 3 heteroatoms. The molecule has 0 fully saturated rings. The number of carbonyl (C=O) groups is 1. The maximum Gasteiger partial charge on any atom is 0.258 e. The average molecular weight is 250 g/mol. The minimum absolute atomic E-state index is 0.110. The van der Waals surface area contributed by atoms with Gasteiger partial charge in [-0.25, -0.2) is 0 Å². The van der Waals surface area contributed by atoms with Crippen molar-refractivity contribution in [3.63, 3.8) is 0 Å². The van der Waals surface area contributed by atoms with E-state index in [9.17, 15) is 4.79 Å². The van der Waals surface area contributed by atoms with Crippen molar-refractivity contribution in [2.75, 3.05) is 11.9 Å². The SMILES string of the molecule is Cc1ccccc1C(=O)N(C)c1ccccc1C#N. The van der Waals surface area contributed by atoms with Gasteiger partial charge in [0.05, 0.1) is 11.3 Å². The molecule has 3 nitrogen and oxygen atoms in total. The number of carbonyl (C=O) groups excluding carboxylic acids is 1. The molecule has 2 aromatic carbocycles. The molecule has 0 N–H and O–H groups in total. The van der Waals surface area contributed by atoms with Crippen LogP contribution >= 0.6 is 0 Å². The number of anilines is 1. The fourth-order valence-corrected chi connectivity index (χ4v) is 1.96. The molecule has 0 unspecified atom stereocenters. The van der Waals surface area contributed by atoms with Crippen LogP contribution in [0.3, 0.4) is 0 Å². The van der Waals surface area contributed by atoms with Gasteiger partial charge in [0.25, 0.3) is 5.91 Å². The van der Waals surface area contributed by atoms with E-state index in [1.54, 1.807) is 31.3 Å². The van der Waals surface area contributed by atoms with Gasteiger partial charge in [-0.3, -0.25) is 4.79 Å². The van der Waals surface area contributed by atoms with Crippen LogP contribution < -0.4 is 4.90 Å². The fourth-order valence-electron chi connectivity index (χ4n) is 1.96. The van der Waals surface area contributed by atoms with Gasteiger partial charge >= 0.3 is 0 Å². The lowest BCUT2D eigenvalue weighted by Gasteiger charge is -2.19. The Balaban J connectivity index is 2.40. The first-order chi connectivity index (χ1) is 9.15. The van der Waals surface area contributed by atoms with Gasteiger partial charge in [0.15, 0.2) is 0 Å². The number of para-hydroxylation sites is 1. The molecular weight excluding hydrogens is 236 g/mol. The average Bonchev–Trinajstić information content (AvgIpc) is 2.46. The zero-order valence-corrected chi connectivity index (χ0v) is 10.9. The second kappa shape index (κ2) is 5.36. The molecule has 0 aromatic heterocycles. The highest BCUT2D eigenvalue weighted by atomic mass is 16.2. The lowest BCUT2D eigenvalue weighted by Crippen LogP contribution is -2.27. The minimum Gasteiger partial charge on any atom is -0.310 e. The van der Waals surface area contributed by atoms with Gasteiger partial charge in [-0.05, 0) is 30.7 Å². The molecule has 0 atom stereocenters. The second-order valence-corrected chi connectivity index (χ2v) is 4.31. The van der Waals surface area contributed by atoms with Gasteiger partial charge < -0.3 is 4.90 Å². The van der Waals surface area contributed by atoms with Crippen LogP contribution in [0, 0.1) is 18.3 Å². The molecule has 1 amide bonds. The van der Waals surface area contributed by atoms with Gasteiger partial charge in [0, 0.05) is 12.6 Å². The Hall–Kier alpha value is -2.60. The van der Waals surface area contributed by atoms with Gasteiger partial charge in [-0.15, -0.1) is 0 Å². The minimum atomic E-state index is -0.110. The monoisotopic (exact) mass is 250 g/mol. The molecule has 0 bridgehead atoms. The van der Waals surface area contributed by atoms with Crippen molar-refractivity contribution in [2.24, 2.45) is 0 Å². The molecule has 0 saturated heterocycles. The number of amides is 1. The van der Waals surface area contributed by atoms with Crippen molar-refractivity contribution in [1.29, 1.82) is 5.26 Å². The van der Waals surface area contributed by atoms with Crippen molar-refractivity contribution >= 4 is 11.6 Å².